The molecule has 2 fully saturated rings. The van der Waals surface area contributed by atoms with E-state index in [0.29, 0.717) is 0 Å². The zero-order chi connectivity index (χ0) is 11.7. The Morgan fingerprint density at radius 2 is 2.00 bits per heavy atom. The van der Waals surface area contributed by atoms with Gasteiger partial charge in [0.2, 0.25) is 0 Å². The third-order valence-electron chi connectivity index (χ3n) is 3.86. The first-order valence-electron chi connectivity index (χ1n) is 6.54. The molecule has 0 amide bonds. The molecule has 0 saturated carbocycles. The zero-order valence-corrected chi connectivity index (χ0v) is 11.3. The number of rotatable bonds is 3. The topological polar surface area (TPSA) is 18.5 Å². The summed E-state index contributed by atoms with van der Waals surface area (Å²) in [7, 11) is 0. The number of nitrogens with one attached hydrogen (secondary N) is 1. The lowest BCUT2D eigenvalue weighted by molar-refractivity contribution is 0.0700. The smallest absolute Gasteiger partial charge is 0.0346 e. The Hall–Kier alpha value is -0.420. The molecule has 1 aromatic rings. The van der Waals surface area contributed by atoms with Gasteiger partial charge in [-0.3, -0.25) is 9.80 Å². The summed E-state index contributed by atoms with van der Waals surface area (Å²) < 4.78 is 0. The van der Waals surface area contributed by atoms with Gasteiger partial charge in [0.25, 0.3) is 0 Å². The number of hydrogen-bond donors (Lipinski definition) is 1. The van der Waals surface area contributed by atoms with Crippen molar-refractivity contribution >= 4 is 11.3 Å². The van der Waals surface area contributed by atoms with Crippen LogP contribution in [0.3, 0.4) is 0 Å². The van der Waals surface area contributed by atoms with Crippen LogP contribution in [-0.2, 0) is 6.54 Å². The molecule has 0 aromatic carbocycles. The molecule has 0 radical (unpaired) electrons. The normalized spacial score (nSPS) is 23.8. The Balaban J connectivity index is 1.47. The summed E-state index contributed by atoms with van der Waals surface area (Å²) in [6, 6.07) is 5.33. The average Bonchev–Trinajstić information content (AvgIpc) is 2.64. The highest BCUT2D eigenvalue weighted by Crippen LogP contribution is 2.18. The Kier molecular flexibility index (Phi) is 3.47. The molecule has 0 aliphatic carbocycles. The fourth-order valence-corrected chi connectivity index (χ4v) is 3.54. The third-order valence-corrected chi connectivity index (χ3v) is 4.84. The molecule has 2 aliphatic rings. The van der Waals surface area contributed by atoms with Crippen molar-refractivity contribution in [2.45, 2.75) is 19.5 Å². The van der Waals surface area contributed by atoms with Gasteiger partial charge in [-0.15, -0.1) is 11.3 Å². The number of piperazine rings is 1. The largest absolute Gasteiger partial charge is 0.314 e. The predicted octanol–water partition coefficient (Wildman–Crippen LogP) is 1.15. The molecule has 3 rings (SSSR count). The summed E-state index contributed by atoms with van der Waals surface area (Å²) in [4.78, 5) is 8.18. The van der Waals surface area contributed by atoms with Crippen molar-refractivity contribution in [2.75, 3.05) is 39.3 Å². The molecule has 2 saturated heterocycles. The summed E-state index contributed by atoms with van der Waals surface area (Å²) in [6.45, 7) is 10.7. The maximum atomic E-state index is 3.36. The molecule has 3 heterocycles. The van der Waals surface area contributed by atoms with Gasteiger partial charge in [0.15, 0.2) is 0 Å². The Bertz CT molecular complexity index is 364. The molecule has 1 aromatic heterocycles. The highest BCUT2D eigenvalue weighted by atomic mass is 32.1. The van der Waals surface area contributed by atoms with E-state index < -0.39 is 0 Å². The van der Waals surface area contributed by atoms with Crippen LogP contribution in [-0.4, -0.2) is 55.1 Å². The molecule has 4 heteroatoms. The first-order chi connectivity index (χ1) is 8.31. The molecule has 17 heavy (non-hydrogen) atoms. The van der Waals surface area contributed by atoms with E-state index in [4.69, 9.17) is 0 Å². The van der Waals surface area contributed by atoms with Gasteiger partial charge < -0.3 is 5.32 Å². The van der Waals surface area contributed by atoms with E-state index in [1.54, 1.807) is 0 Å². The van der Waals surface area contributed by atoms with Crippen LogP contribution in [0.1, 0.15) is 9.75 Å². The second-order valence-corrected chi connectivity index (χ2v) is 6.51. The van der Waals surface area contributed by atoms with Crippen LogP contribution >= 0.6 is 11.3 Å². The van der Waals surface area contributed by atoms with Gasteiger partial charge in [0.05, 0.1) is 0 Å². The fraction of sp³-hybridized carbons (Fsp3) is 0.692. The SMILES string of the molecule is Cc1ccc(CN2CCN(C3CNC3)CC2)s1. The summed E-state index contributed by atoms with van der Waals surface area (Å²) in [5.41, 5.74) is 0. The second-order valence-electron chi connectivity index (χ2n) is 5.14. The van der Waals surface area contributed by atoms with E-state index in [0.717, 1.165) is 12.6 Å². The maximum absolute atomic E-state index is 3.36. The first-order valence-corrected chi connectivity index (χ1v) is 7.35. The minimum atomic E-state index is 0.820. The van der Waals surface area contributed by atoms with Gasteiger partial charge in [-0.1, -0.05) is 0 Å². The van der Waals surface area contributed by atoms with Crippen molar-refractivity contribution in [2.24, 2.45) is 0 Å². The van der Waals surface area contributed by atoms with Gasteiger partial charge in [0.1, 0.15) is 0 Å². The molecule has 0 unspecified atom stereocenters. The fourth-order valence-electron chi connectivity index (χ4n) is 2.61. The van der Waals surface area contributed by atoms with Crippen molar-refractivity contribution in [3.8, 4) is 0 Å². The lowest BCUT2D eigenvalue weighted by Gasteiger charge is -2.43. The zero-order valence-electron chi connectivity index (χ0n) is 10.5. The van der Waals surface area contributed by atoms with Crippen LogP contribution in [0.25, 0.3) is 0 Å². The van der Waals surface area contributed by atoms with Gasteiger partial charge in [-0.2, -0.15) is 0 Å². The Labute approximate surface area is 107 Å². The van der Waals surface area contributed by atoms with E-state index in [1.807, 2.05) is 11.3 Å². The molecule has 1 N–H and O–H groups in total. The van der Waals surface area contributed by atoms with E-state index >= 15 is 0 Å². The van der Waals surface area contributed by atoms with Crippen LogP contribution in [0.15, 0.2) is 12.1 Å². The molecule has 0 bridgehead atoms. The van der Waals surface area contributed by atoms with Crippen molar-refractivity contribution in [3.05, 3.63) is 21.9 Å². The van der Waals surface area contributed by atoms with Crippen molar-refractivity contribution in [3.63, 3.8) is 0 Å². The second kappa shape index (κ2) is 5.06. The van der Waals surface area contributed by atoms with Gasteiger partial charge in [-0.25, -0.2) is 0 Å². The average molecular weight is 251 g/mol. The van der Waals surface area contributed by atoms with Crippen LogP contribution in [0.4, 0.5) is 0 Å². The van der Waals surface area contributed by atoms with Crippen molar-refractivity contribution in [1.29, 1.82) is 0 Å². The van der Waals surface area contributed by atoms with Crippen molar-refractivity contribution in [1.82, 2.24) is 15.1 Å². The third kappa shape index (κ3) is 2.71. The molecular formula is C13H21N3S. The lowest BCUT2D eigenvalue weighted by atomic mass is 10.1. The number of nitrogens with zero attached hydrogens (tertiary/aromatic N) is 2. The first kappa shape index (κ1) is 11.7. The summed E-state index contributed by atoms with van der Waals surface area (Å²) in [5, 5.41) is 3.36. The molecule has 0 spiro atoms. The predicted molar refractivity (Wildman–Crippen MR) is 72.6 cm³/mol. The number of aryl methyl sites for hydroxylation is 1. The molecule has 0 atom stereocenters. The number of hydrogen-bond acceptors (Lipinski definition) is 4. The summed E-state index contributed by atoms with van der Waals surface area (Å²) in [5.74, 6) is 0. The minimum Gasteiger partial charge on any atom is -0.314 e. The molecule has 2 aliphatic heterocycles. The highest BCUT2D eigenvalue weighted by Gasteiger charge is 2.27. The summed E-state index contributed by atoms with van der Waals surface area (Å²) in [6.07, 6.45) is 0. The Morgan fingerprint density at radius 3 is 2.53 bits per heavy atom. The standard InChI is InChI=1S/C13H21N3S/c1-11-2-3-13(17-11)10-15-4-6-16(7-5-15)12-8-14-9-12/h2-3,12,14H,4-10H2,1H3. The summed E-state index contributed by atoms with van der Waals surface area (Å²) >= 11 is 1.94. The van der Waals surface area contributed by atoms with Gasteiger partial charge in [0, 0.05) is 61.6 Å². The van der Waals surface area contributed by atoms with Crippen LogP contribution in [0, 0.1) is 6.92 Å². The van der Waals surface area contributed by atoms with Gasteiger partial charge in [-0.05, 0) is 19.1 Å². The van der Waals surface area contributed by atoms with E-state index in [1.165, 1.54) is 49.0 Å². The van der Waals surface area contributed by atoms with Crippen LogP contribution < -0.4 is 5.32 Å². The molecule has 3 nitrogen and oxygen atoms in total. The van der Waals surface area contributed by atoms with Crippen LogP contribution in [0.2, 0.25) is 0 Å². The Morgan fingerprint density at radius 1 is 1.24 bits per heavy atom. The molecular weight excluding hydrogens is 230 g/mol. The maximum Gasteiger partial charge on any atom is 0.0346 e. The number of thiophene rings is 1. The van der Waals surface area contributed by atoms with Crippen molar-refractivity contribution < 1.29 is 0 Å². The minimum absolute atomic E-state index is 0.820. The van der Waals surface area contributed by atoms with E-state index in [2.05, 4.69) is 34.2 Å². The highest BCUT2D eigenvalue weighted by molar-refractivity contribution is 7.11. The van der Waals surface area contributed by atoms with Crippen LogP contribution in [0.5, 0.6) is 0 Å². The van der Waals surface area contributed by atoms with E-state index in [9.17, 15) is 0 Å². The van der Waals surface area contributed by atoms with E-state index in [-0.39, 0.29) is 0 Å². The quantitative estimate of drug-likeness (QED) is 0.869. The lowest BCUT2D eigenvalue weighted by Crippen LogP contribution is -2.61. The molecule has 94 valence electrons. The van der Waals surface area contributed by atoms with Gasteiger partial charge >= 0.3 is 0 Å². The monoisotopic (exact) mass is 251 g/mol.